The molecule has 156 valence electrons. The molecule has 2 heterocycles. The molecule has 0 aromatic heterocycles. The lowest BCUT2D eigenvalue weighted by atomic mass is 10.1. The summed E-state index contributed by atoms with van der Waals surface area (Å²) in [6.07, 6.45) is 9.21. The Morgan fingerprint density at radius 1 is 0.931 bits per heavy atom. The van der Waals surface area contributed by atoms with E-state index in [2.05, 4.69) is 85.5 Å². The van der Waals surface area contributed by atoms with E-state index in [0.29, 0.717) is 6.04 Å². The number of hydrogen-bond donors (Lipinski definition) is 1. The van der Waals surface area contributed by atoms with E-state index < -0.39 is 0 Å². The van der Waals surface area contributed by atoms with E-state index in [1.807, 2.05) is 27.7 Å². The zero-order chi connectivity index (χ0) is 21.2. The molecule has 2 atom stereocenters. The topological polar surface area (TPSA) is 7.68 Å². The van der Waals surface area contributed by atoms with Crippen molar-refractivity contribution in [3.05, 3.63) is 83.6 Å². The highest BCUT2D eigenvalue weighted by atomic mass is 15.2. The molecule has 4 rings (SSSR count). The third-order valence-corrected chi connectivity index (χ3v) is 5.58. The number of likely N-dealkylation sites (N-methyl/N-ethyl adjacent to an activating group) is 2. The lowest BCUT2D eigenvalue weighted by Gasteiger charge is -2.19. The summed E-state index contributed by atoms with van der Waals surface area (Å²) in [4.78, 5) is 4.03. The van der Waals surface area contributed by atoms with Crippen molar-refractivity contribution in [2.45, 2.75) is 60.4 Å². The molecule has 0 saturated heterocycles. The Labute approximate surface area is 178 Å². The van der Waals surface area contributed by atoms with Gasteiger partial charge in [0.05, 0.1) is 6.54 Å². The van der Waals surface area contributed by atoms with Crippen LogP contribution in [-0.4, -0.2) is 19.1 Å². The Morgan fingerprint density at radius 3 is 2.28 bits per heavy atom. The molecule has 2 aromatic carbocycles. The summed E-state index contributed by atoms with van der Waals surface area (Å²) in [5, 5.41) is 0. The fraction of sp³-hybridized carbons (Fsp3) is 0.407. The molecule has 0 spiro atoms. The van der Waals surface area contributed by atoms with Gasteiger partial charge < -0.3 is 4.90 Å². The number of quaternary nitrogens is 1. The third kappa shape index (κ3) is 5.00. The molecule has 0 saturated carbocycles. The van der Waals surface area contributed by atoms with Gasteiger partial charge in [-0.1, -0.05) is 70.2 Å². The van der Waals surface area contributed by atoms with Crippen molar-refractivity contribution in [3.63, 3.8) is 0 Å². The number of para-hydroxylation sites is 2. The predicted octanol–water partition coefficient (Wildman–Crippen LogP) is 5.72. The molecular weight excluding hydrogens is 352 g/mol. The largest absolute Gasteiger partial charge is 0.345 e. The van der Waals surface area contributed by atoms with Crippen LogP contribution in [0.4, 0.5) is 11.4 Å². The Morgan fingerprint density at radius 2 is 1.59 bits per heavy atom. The van der Waals surface area contributed by atoms with Crippen LogP contribution in [0, 0.1) is 0 Å². The van der Waals surface area contributed by atoms with Gasteiger partial charge in [0.25, 0.3) is 0 Å². The van der Waals surface area contributed by atoms with Crippen LogP contribution >= 0.6 is 0 Å². The highest BCUT2D eigenvalue weighted by Crippen LogP contribution is 2.33. The maximum absolute atomic E-state index is 2.44. The Kier molecular flexibility index (Phi) is 9.21. The molecule has 2 aliphatic rings. The lowest BCUT2D eigenvalue weighted by molar-refractivity contribution is -0.844. The van der Waals surface area contributed by atoms with Gasteiger partial charge in [-0.25, -0.2) is 0 Å². The molecule has 2 unspecified atom stereocenters. The van der Waals surface area contributed by atoms with E-state index >= 15 is 0 Å². The Hall–Kier alpha value is -2.32. The predicted molar refractivity (Wildman–Crippen MR) is 128 cm³/mol. The highest BCUT2D eigenvalue weighted by molar-refractivity contribution is 5.65. The quantitative estimate of drug-likeness (QED) is 0.700. The van der Waals surface area contributed by atoms with Gasteiger partial charge in [0.2, 0.25) is 0 Å². The van der Waals surface area contributed by atoms with Crippen LogP contribution < -0.4 is 9.80 Å². The first-order valence-electron chi connectivity index (χ1n) is 11.5. The van der Waals surface area contributed by atoms with Crippen molar-refractivity contribution in [1.29, 1.82) is 0 Å². The van der Waals surface area contributed by atoms with Crippen molar-refractivity contribution < 1.29 is 4.90 Å². The summed E-state index contributed by atoms with van der Waals surface area (Å²) in [6.45, 7) is 14.7. The van der Waals surface area contributed by atoms with Crippen molar-refractivity contribution in [2.24, 2.45) is 0 Å². The van der Waals surface area contributed by atoms with E-state index in [4.69, 9.17) is 0 Å². The lowest BCUT2D eigenvalue weighted by Crippen LogP contribution is -3.09. The first kappa shape index (κ1) is 23.0. The Bertz CT molecular complexity index is 819. The normalized spacial score (nSPS) is 20.6. The number of anilines is 1. The maximum Gasteiger partial charge on any atom is 0.135 e. The second-order valence-electron chi connectivity index (χ2n) is 6.94. The summed E-state index contributed by atoms with van der Waals surface area (Å²) in [7, 11) is 0. The minimum atomic E-state index is 0.554. The third-order valence-electron chi connectivity index (χ3n) is 5.58. The fourth-order valence-corrected chi connectivity index (χ4v) is 4.40. The maximum atomic E-state index is 2.44. The van der Waals surface area contributed by atoms with E-state index in [1.54, 1.807) is 4.90 Å². The number of hydrogen-bond acceptors (Lipinski definition) is 1. The molecule has 0 bridgehead atoms. The first-order valence-corrected chi connectivity index (χ1v) is 11.5. The number of nitrogens with one attached hydrogen (secondary N) is 1. The average Bonchev–Trinajstić information content (AvgIpc) is 3.33. The van der Waals surface area contributed by atoms with E-state index in [1.165, 1.54) is 28.2 Å². The van der Waals surface area contributed by atoms with Crippen LogP contribution in [0.25, 0.3) is 0 Å². The minimum Gasteiger partial charge on any atom is -0.345 e. The summed E-state index contributed by atoms with van der Waals surface area (Å²) in [6, 6.07) is 18.2. The molecular formula is C27H39N2+. The van der Waals surface area contributed by atoms with Gasteiger partial charge >= 0.3 is 0 Å². The average molecular weight is 392 g/mol. The van der Waals surface area contributed by atoms with Crippen molar-refractivity contribution >= 4 is 11.4 Å². The van der Waals surface area contributed by atoms with Gasteiger partial charge in [-0.05, 0) is 43.7 Å². The van der Waals surface area contributed by atoms with Crippen molar-refractivity contribution in [1.82, 2.24) is 0 Å². The van der Waals surface area contributed by atoms with Gasteiger partial charge in [-0.3, -0.25) is 4.90 Å². The molecule has 2 heteroatoms. The van der Waals surface area contributed by atoms with Crippen LogP contribution in [0.2, 0.25) is 0 Å². The zero-order valence-corrected chi connectivity index (χ0v) is 19.2. The molecule has 1 N–H and O–H groups in total. The molecule has 0 fully saturated rings. The summed E-state index contributed by atoms with van der Waals surface area (Å²) in [5.74, 6) is 0. The van der Waals surface area contributed by atoms with Crippen LogP contribution in [0.1, 0.15) is 52.7 Å². The number of allylic oxidation sites excluding steroid dienone is 3. The van der Waals surface area contributed by atoms with E-state index in [-0.39, 0.29) is 0 Å². The van der Waals surface area contributed by atoms with E-state index in [0.717, 1.165) is 25.9 Å². The van der Waals surface area contributed by atoms with Crippen LogP contribution in [0.15, 0.2) is 72.5 Å². The fourth-order valence-electron chi connectivity index (χ4n) is 4.40. The molecule has 29 heavy (non-hydrogen) atoms. The first-order chi connectivity index (χ1) is 14.3. The summed E-state index contributed by atoms with van der Waals surface area (Å²) >= 11 is 0. The number of rotatable bonds is 4. The molecule has 0 aliphatic carbocycles. The highest BCUT2D eigenvalue weighted by Gasteiger charge is 2.31. The number of nitrogens with zero attached hydrogens (tertiary/aromatic N) is 1. The second-order valence-corrected chi connectivity index (χ2v) is 6.94. The minimum absolute atomic E-state index is 0.554. The summed E-state index contributed by atoms with van der Waals surface area (Å²) < 4.78 is 0. The summed E-state index contributed by atoms with van der Waals surface area (Å²) in [5.41, 5.74) is 7.21. The number of fused-ring (bicyclic) bond motifs is 2. The van der Waals surface area contributed by atoms with Crippen LogP contribution in [-0.2, 0) is 12.8 Å². The van der Waals surface area contributed by atoms with E-state index in [9.17, 15) is 0 Å². The second kappa shape index (κ2) is 11.6. The van der Waals surface area contributed by atoms with Gasteiger partial charge in [-0.15, -0.1) is 0 Å². The van der Waals surface area contributed by atoms with Gasteiger partial charge in [0, 0.05) is 36.3 Å². The standard InChI is InChI=1S/C23H26N2.2C2H6/c1-3-24-20(16-18-10-5-7-14-22(18)24)12-9-13-21-17-19-11-6-8-15-23(19)25(21)4-2;2*1-2/h5-15,20H,3-4,16-17H2,1-2H3;2*1-2H3/p+1/b12-9+,21-13+;;. The van der Waals surface area contributed by atoms with Gasteiger partial charge in [0.15, 0.2) is 0 Å². The molecule has 2 aliphatic heterocycles. The number of benzene rings is 2. The zero-order valence-electron chi connectivity index (χ0n) is 19.2. The molecule has 0 radical (unpaired) electrons. The van der Waals surface area contributed by atoms with Crippen molar-refractivity contribution in [3.8, 4) is 0 Å². The van der Waals surface area contributed by atoms with Gasteiger partial charge in [-0.2, -0.15) is 0 Å². The molecule has 0 amide bonds. The van der Waals surface area contributed by atoms with Crippen LogP contribution in [0.5, 0.6) is 0 Å². The monoisotopic (exact) mass is 391 g/mol. The van der Waals surface area contributed by atoms with Crippen LogP contribution in [0.3, 0.4) is 0 Å². The smallest absolute Gasteiger partial charge is 0.135 e. The Balaban J connectivity index is 0.000000707. The molecule has 2 aromatic rings. The SMILES string of the molecule is CC.CC.CCN1/C(=C/C=C/C2Cc3ccccc3[NH+]2CC)Cc2ccccc21. The molecule has 2 nitrogen and oxygen atoms in total. The van der Waals surface area contributed by atoms with Gasteiger partial charge in [0.1, 0.15) is 11.7 Å². The van der Waals surface area contributed by atoms with Crippen molar-refractivity contribution in [2.75, 3.05) is 18.0 Å².